The Kier molecular flexibility index (Phi) is 5.67. The van der Waals surface area contributed by atoms with Crippen molar-refractivity contribution in [3.05, 3.63) is 51.1 Å². The van der Waals surface area contributed by atoms with Crippen LogP contribution in [0.2, 0.25) is 0 Å². The number of amides is 1. The van der Waals surface area contributed by atoms with Crippen LogP contribution in [0.4, 0.5) is 15.8 Å². The summed E-state index contributed by atoms with van der Waals surface area (Å²) in [5, 5.41) is 4.02. The molecule has 2 heterocycles. The molecule has 26 heavy (non-hydrogen) atoms. The Morgan fingerprint density at radius 2 is 2.19 bits per heavy atom. The van der Waals surface area contributed by atoms with E-state index >= 15 is 0 Å². The van der Waals surface area contributed by atoms with Crippen LogP contribution >= 0.6 is 22.6 Å². The highest BCUT2D eigenvalue weighted by atomic mass is 127. The van der Waals surface area contributed by atoms with Crippen molar-refractivity contribution in [1.29, 1.82) is 0 Å². The number of pyridine rings is 1. The molecular weight excluding hydrogens is 456 g/mol. The van der Waals surface area contributed by atoms with Crippen LogP contribution in [0.1, 0.15) is 15.9 Å². The van der Waals surface area contributed by atoms with Crippen molar-refractivity contribution >= 4 is 45.8 Å². The van der Waals surface area contributed by atoms with E-state index in [0.29, 0.717) is 17.7 Å². The van der Waals surface area contributed by atoms with Crippen LogP contribution < -0.4 is 5.32 Å². The Morgan fingerprint density at radius 1 is 1.38 bits per heavy atom. The van der Waals surface area contributed by atoms with Crippen molar-refractivity contribution in [2.24, 2.45) is 0 Å². The smallest absolute Gasteiger partial charge is 0.334 e. The zero-order chi connectivity index (χ0) is 18.7. The highest BCUT2D eigenvalue weighted by molar-refractivity contribution is 14.1. The Morgan fingerprint density at radius 3 is 2.92 bits per heavy atom. The summed E-state index contributed by atoms with van der Waals surface area (Å²) in [6.45, 7) is -0.0803. The van der Waals surface area contributed by atoms with Gasteiger partial charge in [0.05, 0.1) is 36.8 Å². The maximum atomic E-state index is 14.1. The molecule has 0 radical (unpaired) electrons. The van der Waals surface area contributed by atoms with Crippen LogP contribution in [0.3, 0.4) is 0 Å². The first-order valence-corrected chi connectivity index (χ1v) is 8.78. The van der Waals surface area contributed by atoms with Crippen LogP contribution in [0, 0.1) is 9.39 Å². The molecule has 0 bridgehead atoms. The third-order valence-electron chi connectivity index (χ3n) is 3.82. The number of hydrogen-bond donors (Lipinski definition) is 1. The number of nitrogens with one attached hydrogen (secondary N) is 1. The van der Waals surface area contributed by atoms with Crippen molar-refractivity contribution in [2.45, 2.75) is 6.42 Å². The van der Waals surface area contributed by atoms with Gasteiger partial charge in [-0.2, -0.15) is 0 Å². The summed E-state index contributed by atoms with van der Waals surface area (Å²) >= 11 is 2.02. The van der Waals surface area contributed by atoms with Gasteiger partial charge >= 0.3 is 5.97 Å². The molecule has 7 nitrogen and oxygen atoms in total. The number of hydrogen-bond acceptors (Lipinski definition) is 6. The molecule has 0 spiro atoms. The lowest BCUT2D eigenvalue weighted by Crippen LogP contribution is -2.39. The van der Waals surface area contributed by atoms with Crippen LogP contribution in [-0.2, 0) is 20.8 Å². The van der Waals surface area contributed by atoms with Crippen molar-refractivity contribution in [2.75, 3.05) is 25.6 Å². The number of aromatic nitrogens is 1. The summed E-state index contributed by atoms with van der Waals surface area (Å²) in [5.74, 6) is -1.44. The lowest BCUT2D eigenvalue weighted by Gasteiger charge is -2.28. The first-order chi connectivity index (χ1) is 12.5. The normalized spacial score (nSPS) is 13.3. The Bertz CT molecular complexity index is 862. The molecule has 1 aromatic heterocycles. The molecular formula is C17H15FIN3O4. The highest BCUT2D eigenvalue weighted by Gasteiger charge is 2.29. The SMILES string of the molecule is COC(=O)CON1CCc2cncc(Nc3ccc(I)cc3F)c2C1=O. The minimum absolute atomic E-state index is 0.237. The third-order valence-corrected chi connectivity index (χ3v) is 4.49. The van der Waals surface area contributed by atoms with Gasteiger partial charge in [-0.3, -0.25) is 14.6 Å². The number of esters is 1. The van der Waals surface area contributed by atoms with Crippen molar-refractivity contribution in [3.8, 4) is 0 Å². The van der Waals surface area contributed by atoms with Gasteiger partial charge in [0.15, 0.2) is 6.61 Å². The topological polar surface area (TPSA) is 80.8 Å². The van der Waals surface area contributed by atoms with E-state index in [0.717, 1.165) is 14.2 Å². The number of carbonyl (C=O) groups excluding carboxylic acids is 2. The average molecular weight is 471 g/mol. The predicted octanol–water partition coefficient (Wildman–Crippen LogP) is 2.67. The van der Waals surface area contributed by atoms with E-state index in [1.54, 1.807) is 18.3 Å². The molecule has 0 fully saturated rings. The van der Waals surface area contributed by atoms with Gasteiger partial charge in [-0.1, -0.05) is 0 Å². The number of halogens is 2. The minimum Gasteiger partial charge on any atom is -0.467 e. The molecule has 9 heteroatoms. The van der Waals surface area contributed by atoms with Crippen LogP contribution in [-0.4, -0.2) is 42.2 Å². The first-order valence-electron chi connectivity index (χ1n) is 7.70. The zero-order valence-electron chi connectivity index (χ0n) is 13.8. The van der Waals surface area contributed by atoms with Crippen LogP contribution in [0.5, 0.6) is 0 Å². The Balaban J connectivity index is 1.86. The zero-order valence-corrected chi connectivity index (χ0v) is 15.9. The monoisotopic (exact) mass is 471 g/mol. The lowest BCUT2D eigenvalue weighted by atomic mass is 10.0. The molecule has 1 aromatic carbocycles. The maximum absolute atomic E-state index is 14.1. The summed E-state index contributed by atoms with van der Waals surface area (Å²) in [7, 11) is 1.24. The van der Waals surface area contributed by atoms with E-state index < -0.39 is 17.7 Å². The summed E-state index contributed by atoms with van der Waals surface area (Å²) < 4.78 is 19.4. The predicted molar refractivity (Wildman–Crippen MR) is 99.3 cm³/mol. The quantitative estimate of drug-likeness (QED) is 0.534. The maximum Gasteiger partial charge on any atom is 0.334 e. The van der Waals surface area contributed by atoms with E-state index in [1.165, 1.54) is 19.4 Å². The summed E-state index contributed by atoms with van der Waals surface area (Å²) in [6, 6.07) is 4.73. The molecule has 0 saturated heterocycles. The van der Waals surface area contributed by atoms with Gasteiger partial charge in [0.1, 0.15) is 5.82 Å². The number of hydroxylamine groups is 2. The fourth-order valence-electron chi connectivity index (χ4n) is 2.54. The number of fused-ring (bicyclic) bond motifs is 1. The van der Waals surface area contributed by atoms with E-state index in [2.05, 4.69) is 15.0 Å². The average Bonchev–Trinajstić information content (AvgIpc) is 2.63. The summed E-state index contributed by atoms with van der Waals surface area (Å²) in [4.78, 5) is 33.3. The highest BCUT2D eigenvalue weighted by Crippen LogP contribution is 2.29. The van der Waals surface area contributed by atoms with Crippen LogP contribution in [0.15, 0.2) is 30.6 Å². The Labute approximate surface area is 162 Å². The van der Waals surface area contributed by atoms with E-state index in [-0.39, 0.29) is 18.8 Å². The minimum atomic E-state index is -0.586. The number of methoxy groups -OCH3 is 1. The largest absolute Gasteiger partial charge is 0.467 e. The van der Waals surface area contributed by atoms with E-state index in [1.807, 2.05) is 22.6 Å². The van der Waals surface area contributed by atoms with Gasteiger partial charge in [-0.25, -0.2) is 14.2 Å². The van der Waals surface area contributed by atoms with Crippen molar-refractivity contribution in [1.82, 2.24) is 10.0 Å². The molecule has 0 saturated carbocycles. The number of anilines is 2. The van der Waals surface area contributed by atoms with Crippen molar-refractivity contribution in [3.63, 3.8) is 0 Å². The molecule has 1 N–H and O–H groups in total. The summed E-state index contributed by atoms with van der Waals surface area (Å²) in [5.41, 5.74) is 1.68. The van der Waals surface area contributed by atoms with Gasteiger partial charge in [0, 0.05) is 9.77 Å². The van der Waals surface area contributed by atoms with Gasteiger partial charge in [0.25, 0.3) is 5.91 Å². The fraction of sp³-hybridized carbons (Fsp3) is 0.235. The van der Waals surface area contributed by atoms with Gasteiger partial charge in [0.2, 0.25) is 0 Å². The molecule has 1 aliphatic rings. The molecule has 0 unspecified atom stereocenters. The van der Waals surface area contributed by atoms with E-state index in [4.69, 9.17) is 4.84 Å². The lowest BCUT2D eigenvalue weighted by molar-refractivity contribution is -0.167. The summed E-state index contributed by atoms with van der Waals surface area (Å²) in [6.07, 6.45) is 3.55. The standard InChI is InChI=1S/C17H15FIN3O4/c1-25-15(23)9-26-22-5-4-10-7-20-8-14(16(10)17(22)24)21-13-3-2-11(19)6-12(13)18/h2-3,6-8,21H,4-5,9H2,1H3. The molecule has 3 rings (SSSR count). The second-order valence-electron chi connectivity index (χ2n) is 5.48. The molecule has 136 valence electrons. The molecule has 0 aliphatic carbocycles. The third kappa shape index (κ3) is 3.93. The van der Waals surface area contributed by atoms with Crippen LogP contribution in [0.25, 0.3) is 0 Å². The molecule has 1 amide bonds. The number of rotatable bonds is 5. The second-order valence-corrected chi connectivity index (χ2v) is 6.72. The van der Waals surface area contributed by atoms with Gasteiger partial charge < -0.3 is 10.1 Å². The number of nitrogens with zero attached hydrogens (tertiary/aromatic N) is 2. The molecule has 2 aromatic rings. The first kappa shape index (κ1) is 18.5. The molecule has 1 aliphatic heterocycles. The fourth-order valence-corrected chi connectivity index (χ4v) is 2.99. The number of carbonyl (C=O) groups is 2. The van der Waals surface area contributed by atoms with Crippen molar-refractivity contribution < 1.29 is 23.6 Å². The van der Waals surface area contributed by atoms with Gasteiger partial charge in [-0.15, -0.1) is 0 Å². The Hall–Kier alpha value is -2.27. The second kappa shape index (κ2) is 7.96. The molecule has 0 atom stereocenters. The number of benzene rings is 1. The number of ether oxygens (including phenoxy) is 1. The van der Waals surface area contributed by atoms with Gasteiger partial charge in [-0.05, 0) is 52.8 Å². The van der Waals surface area contributed by atoms with E-state index in [9.17, 15) is 14.0 Å².